The minimum absolute atomic E-state index is 0.122. The molecule has 1 saturated heterocycles. The number of hydrogen-bond donors (Lipinski definition) is 0. The zero-order valence-electron chi connectivity index (χ0n) is 17.0. The molecule has 4 rings (SSSR count). The monoisotopic (exact) mass is 417 g/mol. The average molecular weight is 417 g/mol. The maximum atomic E-state index is 13.1. The maximum Gasteiger partial charge on any atom is 0.416 e. The predicted octanol–water partition coefficient (Wildman–Crippen LogP) is 3.80. The van der Waals surface area contributed by atoms with Gasteiger partial charge >= 0.3 is 6.18 Å². The van der Waals surface area contributed by atoms with Crippen LogP contribution in [0.3, 0.4) is 0 Å². The van der Waals surface area contributed by atoms with Gasteiger partial charge in [-0.3, -0.25) is 9.69 Å². The van der Waals surface area contributed by atoms with E-state index in [1.807, 2.05) is 28.9 Å². The molecule has 0 spiro atoms. The highest BCUT2D eigenvalue weighted by atomic mass is 19.4. The molecular formula is C23H26F3N3O. The van der Waals surface area contributed by atoms with Gasteiger partial charge in [-0.25, -0.2) is 0 Å². The summed E-state index contributed by atoms with van der Waals surface area (Å²) in [6.45, 7) is 5.79. The molecule has 0 unspecified atom stereocenters. The molecule has 160 valence electrons. The standard InChI is InChI=1S/C23H26F3N3O/c1-17(22(30)29-10-9-18-5-2-3-6-19(18)16-29)27-11-13-28(14-12-27)21-8-4-7-20(15-21)23(24,25)26/h2-8,15,17H,9-14,16H2,1H3/t17-/m0/s1. The molecule has 2 aliphatic heterocycles. The van der Waals surface area contributed by atoms with Crippen molar-refractivity contribution in [3.8, 4) is 0 Å². The molecule has 0 bridgehead atoms. The molecule has 2 heterocycles. The number of benzene rings is 2. The molecule has 0 N–H and O–H groups in total. The summed E-state index contributed by atoms with van der Waals surface area (Å²) in [5, 5.41) is 0. The Morgan fingerprint density at radius 3 is 2.33 bits per heavy atom. The molecular weight excluding hydrogens is 391 g/mol. The lowest BCUT2D eigenvalue weighted by atomic mass is 9.99. The van der Waals surface area contributed by atoms with E-state index in [2.05, 4.69) is 17.0 Å². The lowest BCUT2D eigenvalue weighted by Crippen LogP contribution is -2.55. The third-order valence-corrected chi connectivity index (χ3v) is 6.20. The summed E-state index contributed by atoms with van der Waals surface area (Å²) in [6, 6.07) is 13.5. The van der Waals surface area contributed by atoms with Crippen molar-refractivity contribution in [2.45, 2.75) is 32.1 Å². The lowest BCUT2D eigenvalue weighted by molar-refractivity contribution is -0.138. The SMILES string of the molecule is C[C@@H](C(=O)N1CCc2ccccc2C1)N1CCN(c2cccc(C(F)(F)F)c2)CC1. The number of anilines is 1. The number of nitrogens with zero attached hydrogens (tertiary/aromatic N) is 3. The summed E-state index contributed by atoms with van der Waals surface area (Å²) < 4.78 is 39.0. The van der Waals surface area contributed by atoms with Crippen molar-refractivity contribution in [3.05, 3.63) is 65.2 Å². The second-order valence-corrected chi connectivity index (χ2v) is 8.03. The number of halogens is 3. The third kappa shape index (κ3) is 4.31. The summed E-state index contributed by atoms with van der Waals surface area (Å²) in [6.07, 6.45) is -3.47. The van der Waals surface area contributed by atoms with E-state index in [0.717, 1.165) is 19.0 Å². The smallest absolute Gasteiger partial charge is 0.369 e. The first kappa shape index (κ1) is 20.7. The van der Waals surface area contributed by atoms with E-state index in [1.165, 1.54) is 23.3 Å². The number of alkyl halides is 3. The molecule has 1 fully saturated rings. The topological polar surface area (TPSA) is 26.8 Å². The number of carbonyl (C=O) groups is 1. The fourth-order valence-electron chi connectivity index (χ4n) is 4.35. The lowest BCUT2D eigenvalue weighted by Gasteiger charge is -2.40. The Kier molecular flexibility index (Phi) is 5.73. The summed E-state index contributed by atoms with van der Waals surface area (Å²) in [5.41, 5.74) is 2.47. The molecule has 0 aromatic heterocycles. The van der Waals surface area contributed by atoms with Crippen LogP contribution in [-0.4, -0.2) is 54.5 Å². The van der Waals surface area contributed by atoms with E-state index in [9.17, 15) is 18.0 Å². The largest absolute Gasteiger partial charge is 0.416 e. The maximum absolute atomic E-state index is 13.1. The van der Waals surface area contributed by atoms with Crippen LogP contribution in [0.1, 0.15) is 23.6 Å². The molecule has 4 nitrogen and oxygen atoms in total. The number of amides is 1. The van der Waals surface area contributed by atoms with Crippen LogP contribution in [0, 0.1) is 0 Å². The first-order valence-electron chi connectivity index (χ1n) is 10.3. The Morgan fingerprint density at radius 1 is 0.933 bits per heavy atom. The molecule has 2 aromatic carbocycles. The summed E-state index contributed by atoms with van der Waals surface area (Å²) in [7, 11) is 0. The molecule has 2 aliphatic rings. The van der Waals surface area contributed by atoms with E-state index in [0.29, 0.717) is 38.4 Å². The molecule has 0 aliphatic carbocycles. The van der Waals surface area contributed by atoms with Gasteiger partial charge in [0.1, 0.15) is 0 Å². The van der Waals surface area contributed by atoms with Crippen LogP contribution in [-0.2, 0) is 23.9 Å². The Bertz CT molecular complexity index is 907. The highest BCUT2D eigenvalue weighted by Crippen LogP contribution is 2.32. The molecule has 0 saturated carbocycles. The number of piperazine rings is 1. The van der Waals surface area contributed by atoms with Crippen molar-refractivity contribution in [2.75, 3.05) is 37.6 Å². The van der Waals surface area contributed by atoms with Crippen LogP contribution in [0.25, 0.3) is 0 Å². The van der Waals surface area contributed by atoms with E-state index in [4.69, 9.17) is 0 Å². The minimum Gasteiger partial charge on any atom is -0.369 e. The van der Waals surface area contributed by atoms with Gasteiger partial charge in [0.15, 0.2) is 0 Å². The minimum atomic E-state index is -4.34. The van der Waals surface area contributed by atoms with E-state index in [1.54, 1.807) is 6.07 Å². The van der Waals surface area contributed by atoms with Crippen molar-refractivity contribution in [3.63, 3.8) is 0 Å². The van der Waals surface area contributed by atoms with Crippen molar-refractivity contribution < 1.29 is 18.0 Å². The molecule has 7 heteroatoms. The van der Waals surface area contributed by atoms with Gasteiger partial charge in [-0.05, 0) is 42.7 Å². The van der Waals surface area contributed by atoms with Gasteiger partial charge in [-0.2, -0.15) is 13.2 Å². The Hall–Kier alpha value is -2.54. The second kappa shape index (κ2) is 8.30. The highest BCUT2D eigenvalue weighted by Gasteiger charge is 2.32. The molecule has 30 heavy (non-hydrogen) atoms. The van der Waals surface area contributed by atoms with Gasteiger partial charge in [0, 0.05) is 45.0 Å². The number of carbonyl (C=O) groups excluding carboxylic acids is 1. The summed E-state index contributed by atoms with van der Waals surface area (Å²) in [4.78, 5) is 19.1. The number of fused-ring (bicyclic) bond motifs is 1. The van der Waals surface area contributed by atoms with Gasteiger partial charge in [0.05, 0.1) is 11.6 Å². The van der Waals surface area contributed by atoms with E-state index < -0.39 is 11.7 Å². The first-order valence-corrected chi connectivity index (χ1v) is 10.3. The summed E-state index contributed by atoms with van der Waals surface area (Å²) >= 11 is 0. The Labute approximate surface area is 174 Å². The van der Waals surface area contributed by atoms with Crippen LogP contribution in [0.15, 0.2) is 48.5 Å². The van der Waals surface area contributed by atoms with Gasteiger partial charge in [0.2, 0.25) is 5.91 Å². The van der Waals surface area contributed by atoms with Crippen molar-refractivity contribution in [2.24, 2.45) is 0 Å². The van der Waals surface area contributed by atoms with Crippen LogP contribution >= 0.6 is 0 Å². The molecule has 1 atom stereocenters. The number of hydrogen-bond acceptors (Lipinski definition) is 3. The predicted molar refractivity (Wildman–Crippen MR) is 110 cm³/mol. The molecule has 0 radical (unpaired) electrons. The molecule has 2 aromatic rings. The Morgan fingerprint density at radius 2 is 1.63 bits per heavy atom. The van der Waals surface area contributed by atoms with Gasteiger partial charge < -0.3 is 9.80 Å². The highest BCUT2D eigenvalue weighted by molar-refractivity contribution is 5.81. The Balaban J connectivity index is 1.36. The zero-order chi connectivity index (χ0) is 21.3. The molecule has 1 amide bonds. The van der Waals surface area contributed by atoms with E-state index in [-0.39, 0.29) is 11.9 Å². The van der Waals surface area contributed by atoms with Crippen molar-refractivity contribution in [1.82, 2.24) is 9.80 Å². The quantitative estimate of drug-likeness (QED) is 0.760. The number of rotatable bonds is 3. The van der Waals surface area contributed by atoms with Gasteiger partial charge in [-0.15, -0.1) is 0 Å². The average Bonchev–Trinajstić information content (AvgIpc) is 2.77. The van der Waals surface area contributed by atoms with E-state index >= 15 is 0 Å². The van der Waals surface area contributed by atoms with Gasteiger partial charge in [-0.1, -0.05) is 30.3 Å². The summed E-state index contributed by atoms with van der Waals surface area (Å²) in [5.74, 6) is 0.122. The fraction of sp³-hybridized carbons (Fsp3) is 0.435. The second-order valence-electron chi connectivity index (χ2n) is 8.03. The fourth-order valence-corrected chi connectivity index (χ4v) is 4.35. The third-order valence-electron chi connectivity index (χ3n) is 6.20. The van der Waals surface area contributed by atoms with Crippen LogP contribution < -0.4 is 4.90 Å². The van der Waals surface area contributed by atoms with Crippen LogP contribution in [0.5, 0.6) is 0 Å². The van der Waals surface area contributed by atoms with Gasteiger partial charge in [0.25, 0.3) is 0 Å². The van der Waals surface area contributed by atoms with Crippen molar-refractivity contribution in [1.29, 1.82) is 0 Å². The first-order chi connectivity index (χ1) is 14.3. The van der Waals surface area contributed by atoms with Crippen LogP contribution in [0.4, 0.5) is 18.9 Å². The normalized spacial score (nSPS) is 18.8. The zero-order valence-corrected chi connectivity index (χ0v) is 17.0. The van der Waals surface area contributed by atoms with Crippen LogP contribution in [0.2, 0.25) is 0 Å². The van der Waals surface area contributed by atoms with Crippen molar-refractivity contribution >= 4 is 11.6 Å².